The SMILES string of the molecule is O=C(O)C(F)(F)F.O=C(c1cscn1)N1CCC2(CCN(CC3CC3)CC2)C1. The Balaban J connectivity index is 0.000000279. The van der Waals surface area contributed by atoms with Crippen LogP contribution >= 0.6 is 11.3 Å². The second-order valence-electron chi connectivity index (χ2n) is 7.90. The maximum Gasteiger partial charge on any atom is 0.490 e. The fraction of sp³-hybridized carbons (Fsp3) is 0.722. The molecule has 2 aliphatic heterocycles. The van der Waals surface area contributed by atoms with E-state index in [0.29, 0.717) is 11.1 Å². The zero-order valence-electron chi connectivity index (χ0n) is 15.5. The maximum atomic E-state index is 12.4. The summed E-state index contributed by atoms with van der Waals surface area (Å²) in [7, 11) is 0. The van der Waals surface area contributed by atoms with Crippen molar-refractivity contribution in [2.45, 2.75) is 38.3 Å². The van der Waals surface area contributed by atoms with Crippen molar-refractivity contribution in [2.75, 3.05) is 32.7 Å². The van der Waals surface area contributed by atoms with Gasteiger partial charge in [-0.05, 0) is 56.5 Å². The van der Waals surface area contributed by atoms with Crippen LogP contribution in [0.3, 0.4) is 0 Å². The van der Waals surface area contributed by atoms with E-state index in [2.05, 4.69) is 9.88 Å². The number of carboxylic acids is 1. The van der Waals surface area contributed by atoms with Crippen molar-refractivity contribution in [1.29, 1.82) is 0 Å². The van der Waals surface area contributed by atoms with Gasteiger partial charge in [-0.15, -0.1) is 11.3 Å². The number of hydrogen-bond acceptors (Lipinski definition) is 5. The third-order valence-electron chi connectivity index (χ3n) is 5.75. The van der Waals surface area contributed by atoms with Crippen molar-refractivity contribution in [2.24, 2.45) is 11.3 Å². The second-order valence-corrected chi connectivity index (χ2v) is 8.62. The van der Waals surface area contributed by atoms with Crippen LogP contribution in [0.25, 0.3) is 0 Å². The molecule has 3 fully saturated rings. The Bertz CT molecular complexity index is 684. The molecule has 2 saturated heterocycles. The lowest BCUT2D eigenvalue weighted by Crippen LogP contribution is -2.42. The number of carbonyl (C=O) groups excluding carboxylic acids is 1. The zero-order valence-corrected chi connectivity index (χ0v) is 16.3. The predicted octanol–water partition coefficient (Wildman–Crippen LogP) is 3.11. The van der Waals surface area contributed by atoms with Gasteiger partial charge in [0.05, 0.1) is 5.51 Å². The summed E-state index contributed by atoms with van der Waals surface area (Å²) in [6.07, 6.45) is 1.51. The fourth-order valence-corrected chi connectivity index (χ4v) is 4.40. The van der Waals surface area contributed by atoms with Crippen LogP contribution in [0.15, 0.2) is 10.9 Å². The number of alkyl halides is 3. The van der Waals surface area contributed by atoms with Gasteiger partial charge in [-0.3, -0.25) is 4.79 Å². The largest absolute Gasteiger partial charge is 0.490 e. The van der Waals surface area contributed by atoms with Crippen molar-refractivity contribution in [3.8, 4) is 0 Å². The highest BCUT2D eigenvalue weighted by Crippen LogP contribution is 2.41. The molecule has 1 aromatic heterocycles. The molecule has 0 bridgehead atoms. The van der Waals surface area contributed by atoms with Gasteiger partial charge in [-0.2, -0.15) is 13.2 Å². The van der Waals surface area contributed by atoms with Crippen LogP contribution in [-0.4, -0.2) is 70.7 Å². The fourth-order valence-electron chi connectivity index (χ4n) is 3.87. The van der Waals surface area contributed by atoms with Gasteiger partial charge in [0.1, 0.15) is 5.69 Å². The lowest BCUT2D eigenvalue weighted by Gasteiger charge is -2.39. The van der Waals surface area contributed by atoms with Crippen molar-refractivity contribution in [1.82, 2.24) is 14.8 Å². The Hall–Kier alpha value is -1.68. The number of halogens is 3. The first-order valence-corrected chi connectivity index (χ1v) is 10.3. The van der Waals surface area contributed by atoms with E-state index < -0.39 is 12.1 Å². The molecule has 3 heterocycles. The summed E-state index contributed by atoms with van der Waals surface area (Å²) >= 11 is 1.50. The molecule has 0 aromatic carbocycles. The number of piperidine rings is 1. The zero-order chi connectivity index (χ0) is 20.4. The number of aromatic nitrogens is 1. The van der Waals surface area contributed by atoms with Gasteiger partial charge in [-0.1, -0.05) is 0 Å². The van der Waals surface area contributed by atoms with Gasteiger partial charge in [0.25, 0.3) is 5.91 Å². The van der Waals surface area contributed by atoms with E-state index in [4.69, 9.17) is 9.90 Å². The minimum Gasteiger partial charge on any atom is -0.475 e. The van der Waals surface area contributed by atoms with Gasteiger partial charge >= 0.3 is 12.1 Å². The molecule has 4 rings (SSSR count). The summed E-state index contributed by atoms with van der Waals surface area (Å²) < 4.78 is 31.7. The highest BCUT2D eigenvalue weighted by Gasteiger charge is 2.43. The van der Waals surface area contributed by atoms with Crippen molar-refractivity contribution < 1.29 is 27.9 Å². The molecule has 1 amide bonds. The predicted molar refractivity (Wildman–Crippen MR) is 97.2 cm³/mol. The Morgan fingerprint density at radius 3 is 2.32 bits per heavy atom. The van der Waals surface area contributed by atoms with Crippen LogP contribution < -0.4 is 0 Å². The number of carboxylic acid groups (broad SMARTS) is 1. The van der Waals surface area contributed by atoms with Gasteiger partial charge in [-0.25, -0.2) is 9.78 Å². The summed E-state index contributed by atoms with van der Waals surface area (Å²) in [6, 6.07) is 0. The van der Waals surface area contributed by atoms with Gasteiger partial charge in [0, 0.05) is 25.0 Å². The number of carbonyl (C=O) groups is 2. The Morgan fingerprint density at radius 2 is 1.82 bits per heavy atom. The van der Waals surface area contributed by atoms with Crippen LogP contribution in [0.1, 0.15) is 42.6 Å². The minimum absolute atomic E-state index is 0.133. The van der Waals surface area contributed by atoms with E-state index in [-0.39, 0.29) is 5.91 Å². The van der Waals surface area contributed by atoms with E-state index in [0.717, 1.165) is 19.0 Å². The molecule has 1 saturated carbocycles. The number of likely N-dealkylation sites (tertiary alicyclic amines) is 2. The molecule has 0 unspecified atom stereocenters. The van der Waals surface area contributed by atoms with Crippen LogP contribution in [0.2, 0.25) is 0 Å². The molecule has 10 heteroatoms. The van der Waals surface area contributed by atoms with Crippen molar-refractivity contribution >= 4 is 23.2 Å². The van der Waals surface area contributed by atoms with Crippen molar-refractivity contribution in [3.05, 3.63) is 16.6 Å². The Kier molecular flexibility index (Phi) is 6.28. The summed E-state index contributed by atoms with van der Waals surface area (Å²) in [5.41, 5.74) is 2.77. The summed E-state index contributed by atoms with van der Waals surface area (Å²) in [4.78, 5) is 30.2. The average molecular weight is 419 g/mol. The van der Waals surface area contributed by atoms with E-state index >= 15 is 0 Å². The first kappa shape index (κ1) is 21.0. The standard InChI is InChI=1S/C16H23N3OS.C2HF3O2/c20-15(14-10-21-12-17-14)19-8-5-16(11-19)3-6-18(7-4-16)9-13-1-2-13;3-2(4,5)1(6)7/h10,12-13H,1-9,11H2;(H,6,7). The third kappa shape index (κ3) is 5.44. The molecule has 1 aromatic rings. The molecule has 1 spiro atoms. The summed E-state index contributed by atoms with van der Waals surface area (Å²) in [6.45, 7) is 5.64. The molecule has 1 aliphatic carbocycles. The number of thiazole rings is 1. The summed E-state index contributed by atoms with van der Waals surface area (Å²) in [5, 5.41) is 8.99. The summed E-state index contributed by atoms with van der Waals surface area (Å²) in [5.74, 6) is -1.63. The maximum absolute atomic E-state index is 12.4. The van der Waals surface area contributed by atoms with E-state index in [1.54, 1.807) is 5.51 Å². The molecule has 6 nitrogen and oxygen atoms in total. The number of hydrogen-bond donors (Lipinski definition) is 1. The number of amides is 1. The van der Waals surface area contributed by atoms with E-state index in [1.165, 1.54) is 63.1 Å². The third-order valence-corrected chi connectivity index (χ3v) is 6.34. The molecule has 3 aliphatic rings. The van der Waals surface area contributed by atoms with Crippen LogP contribution in [-0.2, 0) is 4.79 Å². The number of aliphatic carboxylic acids is 1. The van der Waals surface area contributed by atoms with E-state index in [9.17, 15) is 18.0 Å². The molecular weight excluding hydrogens is 395 g/mol. The number of nitrogens with zero attached hydrogens (tertiary/aromatic N) is 3. The monoisotopic (exact) mass is 419 g/mol. The van der Waals surface area contributed by atoms with Crippen LogP contribution in [0.4, 0.5) is 13.2 Å². The van der Waals surface area contributed by atoms with Crippen LogP contribution in [0.5, 0.6) is 0 Å². The number of rotatable bonds is 3. The van der Waals surface area contributed by atoms with E-state index in [1.807, 2.05) is 10.3 Å². The lowest BCUT2D eigenvalue weighted by atomic mass is 9.77. The highest BCUT2D eigenvalue weighted by atomic mass is 32.1. The topological polar surface area (TPSA) is 73.7 Å². The normalized spacial score (nSPS) is 22.0. The Morgan fingerprint density at radius 1 is 1.21 bits per heavy atom. The molecule has 28 heavy (non-hydrogen) atoms. The first-order chi connectivity index (χ1) is 13.2. The highest BCUT2D eigenvalue weighted by molar-refractivity contribution is 7.07. The van der Waals surface area contributed by atoms with Gasteiger partial charge in [0.15, 0.2) is 0 Å². The Labute approximate surface area is 165 Å². The lowest BCUT2D eigenvalue weighted by molar-refractivity contribution is -0.192. The molecule has 156 valence electrons. The molecule has 0 radical (unpaired) electrons. The quantitative estimate of drug-likeness (QED) is 0.815. The first-order valence-electron chi connectivity index (χ1n) is 9.38. The van der Waals surface area contributed by atoms with Crippen LogP contribution in [0, 0.1) is 11.3 Å². The second kappa shape index (κ2) is 8.36. The van der Waals surface area contributed by atoms with Gasteiger partial charge < -0.3 is 14.9 Å². The molecule has 0 atom stereocenters. The smallest absolute Gasteiger partial charge is 0.475 e. The minimum atomic E-state index is -5.08. The molecular formula is C18H24F3N3O3S. The molecule has 1 N–H and O–H groups in total. The van der Waals surface area contributed by atoms with Crippen molar-refractivity contribution in [3.63, 3.8) is 0 Å². The van der Waals surface area contributed by atoms with Gasteiger partial charge in [0.2, 0.25) is 0 Å². The average Bonchev–Trinajstić information content (AvgIpc) is 3.13.